The number of anilines is 1. The molecule has 88 valence electrons. The lowest BCUT2D eigenvalue weighted by atomic mass is 10.1. The smallest absolute Gasteiger partial charge is 0.137 e. The van der Waals surface area contributed by atoms with Crippen molar-refractivity contribution in [2.45, 2.75) is 13.8 Å². The number of nitrogen functional groups attached to an aromatic ring is 1. The van der Waals surface area contributed by atoms with Gasteiger partial charge in [-0.1, -0.05) is 0 Å². The SMILES string of the molecule is COc1cncc(-c2nc(C)nc(N)c2C)c1. The van der Waals surface area contributed by atoms with Gasteiger partial charge < -0.3 is 10.5 Å². The van der Waals surface area contributed by atoms with Crippen LogP contribution in [0.2, 0.25) is 0 Å². The molecule has 2 rings (SSSR count). The largest absolute Gasteiger partial charge is 0.495 e. The van der Waals surface area contributed by atoms with Gasteiger partial charge in [0.15, 0.2) is 0 Å². The zero-order chi connectivity index (χ0) is 12.4. The maximum absolute atomic E-state index is 5.83. The molecule has 0 spiro atoms. The fraction of sp³-hybridized carbons (Fsp3) is 0.250. The first kappa shape index (κ1) is 11.3. The van der Waals surface area contributed by atoms with Crippen molar-refractivity contribution in [3.05, 3.63) is 29.8 Å². The Morgan fingerprint density at radius 1 is 1.18 bits per heavy atom. The number of methoxy groups -OCH3 is 1. The predicted molar refractivity (Wildman–Crippen MR) is 65.7 cm³/mol. The Morgan fingerprint density at radius 2 is 1.94 bits per heavy atom. The lowest BCUT2D eigenvalue weighted by molar-refractivity contribution is 0.413. The van der Waals surface area contributed by atoms with Crippen molar-refractivity contribution in [1.29, 1.82) is 0 Å². The number of nitrogens with zero attached hydrogens (tertiary/aromatic N) is 3. The van der Waals surface area contributed by atoms with E-state index < -0.39 is 0 Å². The Kier molecular flexibility index (Phi) is 2.91. The number of aryl methyl sites for hydroxylation is 1. The molecule has 0 aromatic carbocycles. The van der Waals surface area contributed by atoms with Crippen molar-refractivity contribution in [3.63, 3.8) is 0 Å². The summed E-state index contributed by atoms with van der Waals surface area (Å²) in [6.45, 7) is 3.70. The summed E-state index contributed by atoms with van der Waals surface area (Å²) < 4.78 is 5.14. The second-order valence-electron chi connectivity index (χ2n) is 3.74. The summed E-state index contributed by atoms with van der Waals surface area (Å²) in [5, 5.41) is 0. The van der Waals surface area contributed by atoms with Gasteiger partial charge in [-0.15, -0.1) is 0 Å². The van der Waals surface area contributed by atoms with Crippen LogP contribution in [-0.4, -0.2) is 22.1 Å². The Hall–Kier alpha value is -2.17. The van der Waals surface area contributed by atoms with E-state index in [-0.39, 0.29) is 0 Å². The second kappa shape index (κ2) is 4.37. The molecule has 0 radical (unpaired) electrons. The highest BCUT2D eigenvalue weighted by Gasteiger charge is 2.10. The van der Waals surface area contributed by atoms with Gasteiger partial charge in [-0.3, -0.25) is 4.98 Å². The van der Waals surface area contributed by atoms with E-state index in [1.807, 2.05) is 19.9 Å². The first-order valence-electron chi connectivity index (χ1n) is 5.22. The van der Waals surface area contributed by atoms with Crippen LogP contribution in [0, 0.1) is 13.8 Å². The molecular weight excluding hydrogens is 216 g/mol. The highest BCUT2D eigenvalue weighted by atomic mass is 16.5. The quantitative estimate of drug-likeness (QED) is 0.850. The molecule has 0 amide bonds. The maximum Gasteiger partial charge on any atom is 0.137 e. The minimum absolute atomic E-state index is 0.496. The second-order valence-corrected chi connectivity index (χ2v) is 3.74. The highest BCUT2D eigenvalue weighted by Crippen LogP contribution is 2.26. The molecule has 0 fully saturated rings. The topological polar surface area (TPSA) is 73.9 Å². The third-order valence-electron chi connectivity index (χ3n) is 2.52. The van der Waals surface area contributed by atoms with Gasteiger partial charge in [-0.2, -0.15) is 0 Å². The van der Waals surface area contributed by atoms with E-state index in [9.17, 15) is 0 Å². The molecule has 0 aliphatic rings. The minimum atomic E-state index is 0.496. The monoisotopic (exact) mass is 230 g/mol. The van der Waals surface area contributed by atoms with Crippen molar-refractivity contribution < 1.29 is 4.74 Å². The van der Waals surface area contributed by atoms with E-state index in [1.165, 1.54) is 0 Å². The normalized spacial score (nSPS) is 10.3. The number of nitrogens with two attached hydrogens (primary N) is 1. The van der Waals surface area contributed by atoms with Crippen LogP contribution >= 0.6 is 0 Å². The van der Waals surface area contributed by atoms with E-state index in [0.29, 0.717) is 17.4 Å². The van der Waals surface area contributed by atoms with Gasteiger partial charge in [-0.25, -0.2) is 9.97 Å². The Morgan fingerprint density at radius 3 is 2.65 bits per heavy atom. The summed E-state index contributed by atoms with van der Waals surface area (Å²) in [7, 11) is 1.60. The molecule has 2 N–H and O–H groups in total. The van der Waals surface area contributed by atoms with E-state index in [2.05, 4.69) is 15.0 Å². The van der Waals surface area contributed by atoms with Crippen LogP contribution in [0.5, 0.6) is 5.75 Å². The van der Waals surface area contributed by atoms with Crippen molar-refractivity contribution in [2.75, 3.05) is 12.8 Å². The number of hydrogen-bond acceptors (Lipinski definition) is 5. The molecule has 2 heterocycles. The summed E-state index contributed by atoms with van der Waals surface area (Å²) in [5.41, 5.74) is 8.35. The molecule has 0 unspecified atom stereocenters. The summed E-state index contributed by atoms with van der Waals surface area (Å²) in [6, 6.07) is 1.88. The van der Waals surface area contributed by atoms with E-state index >= 15 is 0 Å². The molecule has 2 aromatic heterocycles. The van der Waals surface area contributed by atoms with Crippen LogP contribution in [0.15, 0.2) is 18.5 Å². The fourth-order valence-corrected chi connectivity index (χ4v) is 1.59. The molecule has 0 saturated heterocycles. The average Bonchev–Trinajstić information content (AvgIpc) is 2.34. The molecule has 0 aliphatic carbocycles. The summed E-state index contributed by atoms with van der Waals surface area (Å²) in [5.74, 6) is 1.83. The van der Waals surface area contributed by atoms with Gasteiger partial charge in [0.25, 0.3) is 0 Å². The van der Waals surface area contributed by atoms with Gasteiger partial charge in [0.1, 0.15) is 17.4 Å². The first-order chi connectivity index (χ1) is 8.11. The molecule has 0 bridgehead atoms. The lowest BCUT2D eigenvalue weighted by Gasteiger charge is -2.09. The van der Waals surface area contributed by atoms with E-state index in [4.69, 9.17) is 10.5 Å². The third kappa shape index (κ3) is 2.18. The number of pyridine rings is 1. The third-order valence-corrected chi connectivity index (χ3v) is 2.52. The minimum Gasteiger partial charge on any atom is -0.495 e. The van der Waals surface area contributed by atoms with Gasteiger partial charge in [0, 0.05) is 17.3 Å². The van der Waals surface area contributed by atoms with Crippen molar-refractivity contribution in [2.24, 2.45) is 0 Å². The number of hydrogen-bond donors (Lipinski definition) is 1. The van der Waals surface area contributed by atoms with Gasteiger partial charge in [0.2, 0.25) is 0 Å². The van der Waals surface area contributed by atoms with Crippen LogP contribution < -0.4 is 10.5 Å². The maximum atomic E-state index is 5.83. The van der Waals surface area contributed by atoms with Crippen molar-refractivity contribution in [3.8, 4) is 17.0 Å². The lowest BCUT2D eigenvalue weighted by Crippen LogP contribution is -2.02. The number of rotatable bonds is 2. The molecule has 0 atom stereocenters. The Labute approximate surface area is 99.7 Å². The van der Waals surface area contributed by atoms with Gasteiger partial charge in [0.05, 0.1) is 19.0 Å². The molecular formula is C12H14N4O. The first-order valence-corrected chi connectivity index (χ1v) is 5.22. The van der Waals surface area contributed by atoms with Crippen LogP contribution in [0.25, 0.3) is 11.3 Å². The standard InChI is InChI=1S/C12H14N4O/c1-7-11(15-8(2)16-12(7)13)9-4-10(17-3)6-14-5-9/h4-6H,1-3H3,(H2,13,15,16). The Bertz CT molecular complexity index is 554. The molecule has 5 nitrogen and oxygen atoms in total. The van der Waals surface area contributed by atoms with Crippen LogP contribution in [-0.2, 0) is 0 Å². The molecule has 0 aliphatic heterocycles. The van der Waals surface area contributed by atoms with Crippen LogP contribution in [0.4, 0.5) is 5.82 Å². The molecule has 17 heavy (non-hydrogen) atoms. The zero-order valence-electron chi connectivity index (χ0n) is 10.1. The fourth-order valence-electron chi connectivity index (χ4n) is 1.59. The number of ether oxygens (including phenoxy) is 1. The van der Waals surface area contributed by atoms with Crippen LogP contribution in [0.1, 0.15) is 11.4 Å². The summed E-state index contributed by atoms with van der Waals surface area (Å²) in [4.78, 5) is 12.6. The summed E-state index contributed by atoms with van der Waals surface area (Å²) in [6.07, 6.45) is 3.38. The van der Waals surface area contributed by atoms with Gasteiger partial charge in [-0.05, 0) is 19.9 Å². The molecule has 0 saturated carbocycles. The average molecular weight is 230 g/mol. The predicted octanol–water partition coefficient (Wildman–Crippen LogP) is 1.75. The van der Waals surface area contributed by atoms with Crippen molar-refractivity contribution >= 4 is 5.82 Å². The molecule has 2 aromatic rings. The van der Waals surface area contributed by atoms with E-state index in [1.54, 1.807) is 19.5 Å². The van der Waals surface area contributed by atoms with Gasteiger partial charge >= 0.3 is 0 Å². The Balaban J connectivity index is 2.59. The molecule has 5 heteroatoms. The zero-order valence-corrected chi connectivity index (χ0v) is 10.1. The summed E-state index contributed by atoms with van der Waals surface area (Å²) >= 11 is 0. The van der Waals surface area contributed by atoms with Crippen LogP contribution in [0.3, 0.4) is 0 Å². The highest BCUT2D eigenvalue weighted by molar-refractivity contribution is 5.67. The van der Waals surface area contributed by atoms with E-state index in [0.717, 1.165) is 16.8 Å². The number of aromatic nitrogens is 3. The van der Waals surface area contributed by atoms with Crippen molar-refractivity contribution in [1.82, 2.24) is 15.0 Å².